The van der Waals surface area contributed by atoms with Crippen molar-refractivity contribution in [3.8, 4) is 0 Å². The summed E-state index contributed by atoms with van der Waals surface area (Å²) in [5.74, 6) is 0.412. The monoisotopic (exact) mass is 258 g/mol. The quantitative estimate of drug-likeness (QED) is 0.873. The predicted octanol–water partition coefficient (Wildman–Crippen LogP) is 1.41. The van der Waals surface area contributed by atoms with E-state index in [1.165, 1.54) is 16.4 Å². The van der Waals surface area contributed by atoms with E-state index < -0.39 is 10.0 Å². The lowest BCUT2D eigenvalue weighted by atomic mass is 10.4. The Balaban J connectivity index is 2.39. The van der Waals surface area contributed by atoms with Gasteiger partial charge in [0.2, 0.25) is 0 Å². The summed E-state index contributed by atoms with van der Waals surface area (Å²) in [7, 11) is -3.49. The maximum Gasteiger partial charge on any atom is 0.265 e. The molecule has 0 radical (unpaired) electrons. The molecule has 1 heterocycles. The molecule has 0 bridgehead atoms. The highest BCUT2D eigenvalue weighted by molar-refractivity contribution is 7.89. The van der Waals surface area contributed by atoms with Crippen LogP contribution in [0.5, 0.6) is 0 Å². The van der Waals surface area contributed by atoms with E-state index >= 15 is 0 Å². The second-order valence-corrected chi connectivity index (χ2v) is 5.70. The summed E-state index contributed by atoms with van der Waals surface area (Å²) in [6.45, 7) is 4.65. The number of hydrogen-bond donors (Lipinski definition) is 1. The van der Waals surface area contributed by atoms with Gasteiger partial charge in [-0.05, 0) is 24.3 Å². The third-order valence-corrected chi connectivity index (χ3v) is 4.45. The Kier molecular flexibility index (Phi) is 2.82. The van der Waals surface area contributed by atoms with Crippen molar-refractivity contribution in [1.29, 1.82) is 0 Å². The van der Waals surface area contributed by atoms with Gasteiger partial charge in [0.25, 0.3) is 10.0 Å². The van der Waals surface area contributed by atoms with Crippen molar-refractivity contribution >= 4 is 21.6 Å². The third-order valence-electron chi connectivity index (χ3n) is 2.35. The summed E-state index contributed by atoms with van der Waals surface area (Å²) in [6, 6.07) is 6.09. The summed E-state index contributed by atoms with van der Waals surface area (Å²) in [4.78, 5) is 0.224. The fourth-order valence-corrected chi connectivity index (χ4v) is 3.07. The Bertz CT molecular complexity index is 510. The molecule has 2 rings (SSSR count). The maximum atomic E-state index is 12.1. The second kappa shape index (κ2) is 3.99. The minimum absolute atomic E-state index is 0.224. The van der Waals surface area contributed by atoms with Crippen molar-refractivity contribution in [3.63, 3.8) is 0 Å². The van der Waals surface area contributed by atoms with E-state index in [1.54, 1.807) is 12.1 Å². The summed E-state index contributed by atoms with van der Waals surface area (Å²) in [5, 5.41) is 3.39. The first-order valence-corrected chi connectivity index (χ1v) is 6.55. The van der Waals surface area contributed by atoms with Gasteiger partial charge in [0.15, 0.2) is 0 Å². The second-order valence-electron chi connectivity index (χ2n) is 3.40. The van der Waals surface area contributed by atoms with Crippen molar-refractivity contribution in [2.24, 2.45) is 0 Å². The van der Waals surface area contributed by atoms with Crippen LogP contribution in [-0.4, -0.2) is 25.8 Å². The lowest BCUT2D eigenvalue weighted by Gasteiger charge is -2.17. The van der Waals surface area contributed by atoms with Crippen molar-refractivity contribution < 1.29 is 8.42 Å². The van der Waals surface area contributed by atoms with Gasteiger partial charge in [-0.25, -0.2) is 8.42 Å². The van der Waals surface area contributed by atoms with Crippen LogP contribution in [0.3, 0.4) is 0 Å². The molecule has 0 aliphatic carbocycles. The van der Waals surface area contributed by atoms with Crippen LogP contribution in [0.2, 0.25) is 5.02 Å². The van der Waals surface area contributed by atoms with Gasteiger partial charge in [-0.1, -0.05) is 18.2 Å². The van der Waals surface area contributed by atoms with Gasteiger partial charge in [-0.15, -0.1) is 0 Å². The molecule has 1 N–H and O–H groups in total. The van der Waals surface area contributed by atoms with E-state index in [2.05, 4.69) is 11.9 Å². The molecule has 0 atom stereocenters. The normalized spacial score (nSPS) is 16.3. The Labute approximate surface area is 99.6 Å². The summed E-state index contributed by atoms with van der Waals surface area (Å²) in [5.41, 5.74) is 0. The highest BCUT2D eigenvalue weighted by atomic mass is 35.5. The number of nitrogens with zero attached hydrogens (tertiary/aromatic N) is 1. The van der Waals surface area contributed by atoms with E-state index in [4.69, 9.17) is 11.6 Å². The minimum Gasteiger partial charge on any atom is -0.370 e. The molecular formula is C10H11ClN2O2S. The van der Waals surface area contributed by atoms with Crippen LogP contribution in [0.15, 0.2) is 41.6 Å². The zero-order valence-electron chi connectivity index (χ0n) is 8.48. The smallest absolute Gasteiger partial charge is 0.265 e. The summed E-state index contributed by atoms with van der Waals surface area (Å²) < 4.78 is 25.5. The highest BCUT2D eigenvalue weighted by Gasteiger charge is 2.28. The summed E-state index contributed by atoms with van der Waals surface area (Å²) in [6.07, 6.45) is 0. The Morgan fingerprint density at radius 2 is 1.94 bits per heavy atom. The SMILES string of the molecule is C=C1NCCN1S(=O)(=O)c1ccc(Cl)cc1. The van der Waals surface area contributed by atoms with Crippen molar-refractivity contribution in [3.05, 3.63) is 41.7 Å². The predicted molar refractivity (Wildman–Crippen MR) is 62.5 cm³/mol. The van der Waals surface area contributed by atoms with Crippen LogP contribution in [0.25, 0.3) is 0 Å². The molecular weight excluding hydrogens is 248 g/mol. The average Bonchev–Trinajstić information content (AvgIpc) is 2.66. The first-order chi connectivity index (χ1) is 7.51. The molecule has 1 aliphatic heterocycles. The molecule has 4 nitrogen and oxygen atoms in total. The van der Waals surface area contributed by atoms with Gasteiger partial charge in [-0.2, -0.15) is 0 Å². The lowest BCUT2D eigenvalue weighted by Crippen LogP contribution is -2.27. The molecule has 0 unspecified atom stereocenters. The van der Waals surface area contributed by atoms with Crippen molar-refractivity contribution in [1.82, 2.24) is 9.62 Å². The van der Waals surface area contributed by atoms with E-state index in [0.29, 0.717) is 23.9 Å². The standard InChI is InChI=1S/C10H11ClN2O2S/c1-8-12-6-7-13(8)16(14,15)10-4-2-9(11)3-5-10/h2-5,12H,1,6-7H2. The largest absolute Gasteiger partial charge is 0.370 e. The van der Waals surface area contributed by atoms with Gasteiger partial charge >= 0.3 is 0 Å². The van der Waals surface area contributed by atoms with E-state index in [1.807, 2.05) is 0 Å². The Hall–Kier alpha value is -1.20. The maximum absolute atomic E-state index is 12.1. The fourth-order valence-electron chi connectivity index (χ4n) is 1.52. The molecule has 1 aliphatic rings. The minimum atomic E-state index is -3.49. The Morgan fingerprint density at radius 1 is 1.31 bits per heavy atom. The number of sulfonamides is 1. The van der Waals surface area contributed by atoms with Crippen LogP contribution in [0, 0.1) is 0 Å². The molecule has 0 aromatic heterocycles. The number of benzene rings is 1. The molecule has 0 saturated carbocycles. The van der Waals surface area contributed by atoms with Crippen LogP contribution >= 0.6 is 11.6 Å². The van der Waals surface area contributed by atoms with Gasteiger partial charge in [0, 0.05) is 11.6 Å². The number of nitrogens with one attached hydrogen (secondary N) is 1. The fraction of sp³-hybridized carbons (Fsp3) is 0.200. The van der Waals surface area contributed by atoms with Gasteiger partial charge in [0.05, 0.1) is 11.4 Å². The summed E-state index contributed by atoms with van der Waals surface area (Å²) >= 11 is 5.71. The highest BCUT2D eigenvalue weighted by Crippen LogP contribution is 2.21. The molecule has 1 aromatic rings. The van der Waals surface area contributed by atoms with Gasteiger partial charge in [0.1, 0.15) is 5.82 Å². The average molecular weight is 259 g/mol. The molecule has 1 fully saturated rings. The lowest BCUT2D eigenvalue weighted by molar-refractivity contribution is 0.513. The third kappa shape index (κ3) is 1.88. The van der Waals surface area contributed by atoms with Crippen LogP contribution in [0.4, 0.5) is 0 Å². The molecule has 1 saturated heterocycles. The number of rotatable bonds is 2. The van der Waals surface area contributed by atoms with Crippen LogP contribution in [-0.2, 0) is 10.0 Å². The zero-order valence-corrected chi connectivity index (χ0v) is 10.1. The first-order valence-electron chi connectivity index (χ1n) is 4.73. The van der Waals surface area contributed by atoms with Crippen LogP contribution < -0.4 is 5.32 Å². The first kappa shape index (κ1) is 11.3. The van der Waals surface area contributed by atoms with E-state index in [-0.39, 0.29) is 4.90 Å². The molecule has 86 valence electrons. The molecule has 0 amide bonds. The van der Waals surface area contributed by atoms with Gasteiger partial charge in [-0.3, -0.25) is 4.31 Å². The van der Waals surface area contributed by atoms with Gasteiger partial charge < -0.3 is 5.32 Å². The number of hydrogen-bond acceptors (Lipinski definition) is 3. The molecule has 1 aromatic carbocycles. The van der Waals surface area contributed by atoms with Crippen LogP contribution in [0.1, 0.15) is 0 Å². The van der Waals surface area contributed by atoms with E-state index in [9.17, 15) is 8.42 Å². The van der Waals surface area contributed by atoms with E-state index in [0.717, 1.165) is 0 Å². The molecule has 6 heteroatoms. The van der Waals surface area contributed by atoms with Crippen molar-refractivity contribution in [2.75, 3.05) is 13.1 Å². The van der Waals surface area contributed by atoms with Crippen molar-refractivity contribution in [2.45, 2.75) is 4.90 Å². The topological polar surface area (TPSA) is 49.4 Å². The Morgan fingerprint density at radius 3 is 2.44 bits per heavy atom. The molecule has 0 spiro atoms. The number of halogens is 1. The zero-order chi connectivity index (χ0) is 11.8. The molecule has 16 heavy (non-hydrogen) atoms.